The molecule has 0 saturated heterocycles. The van der Waals surface area contributed by atoms with E-state index in [-0.39, 0.29) is 35.0 Å². The Kier molecular flexibility index (Phi) is 7.85. The summed E-state index contributed by atoms with van der Waals surface area (Å²) in [6.45, 7) is 12.7. The zero-order chi connectivity index (χ0) is 18.5. The fourth-order valence-corrected chi connectivity index (χ4v) is 4.60. The van der Waals surface area contributed by atoms with E-state index in [9.17, 15) is 9.00 Å². The second kappa shape index (κ2) is 8.74. The molecule has 0 N–H and O–H groups in total. The number of ketones is 1. The highest BCUT2D eigenvalue weighted by Crippen LogP contribution is 2.37. The zero-order valence-electron chi connectivity index (χ0n) is 15.5. The third-order valence-corrected chi connectivity index (χ3v) is 10.7. The lowest BCUT2D eigenvalue weighted by atomic mass is 10.2. The molecule has 0 amide bonds. The fraction of sp³-hybridized carbons (Fsp3) is 0.611. The van der Waals surface area contributed by atoms with Crippen LogP contribution in [0.2, 0.25) is 18.1 Å². The minimum atomic E-state index is -1.98. The molecule has 0 saturated carbocycles. The largest absolute Gasteiger partial charge is 0.412 e. The summed E-state index contributed by atoms with van der Waals surface area (Å²) in [5.74, 6) is 0.213. The monoisotopic (exact) mass is 388 g/mol. The molecule has 0 aliphatic rings. The van der Waals surface area contributed by atoms with Crippen LogP contribution in [0.1, 0.15) is 32.8 Å². The van der Waals surface area contributed by atoms with E-state index in [0.29, 0.717) is 4.90 Å². The van der Waals surface area contributed by atoms with Gasteiger partial charge < -0.3 is 4.43 Å². The number of carbonyl (C=O) groups excluding carboxylic acids is 1. The summed E-state index contributed by atoms with van der Waals surface area (Å²) in [6.07, 6.45) is -0.0942. The number of aryl methyl sites for hydroxylation is 1. The third-order valence-electron chi connectivity index (χ3n) is 4.47. The quantitative estimate of drug-likeness (QED) is 0.479. The van der Waals surface area contributed by atoms with Gasteiger partial charge in [0, 0.05) is 17.2 Å². The average Bonchev–Trinajstić information content (AvgIpc) is 2.45. The molecule has 0 spiro atoms. The number of hydrogen-bond acceptors (Lipinski definition) is 3. The predicted molar refractivity (Wildman–Crippen MR) is 105 cm³/mol. The van der Waals surface area contributed by atoms with Crippen molar-refractivity contribution in [1.29, 1.82) is 0 Å². The van der Waals surface area contributed by atoms with Crippen LogP contribution in [0.3, 0.4) is 0 Å². The maximum atomic E-state index is 12.3. The number of Topliss-reactive ketones (excluding diaryl/α,β-unsaturated/α-hetero) is 1. The molecular weight excluding hydrogens is 360 g/mol. The topological polar surface area (TPSA) is 43.4 Å². The standard InChI is InChI=1S/C18H29ClO3SSi/c1-14-7-9-17(10-8-14)23(21)13-15(20)11-16(12-19)22-24(5,6)18(2,3)4/h7-10,16H,11-13H2,1-6H3/t16-,23-/m1/s1. The van der Waals surface area contributed by atoms with Crippen LogP contribution >= 0.6 is 11.6 Å². The Morgan fingerprint density at radius 2 is 1.79 bits per heavy atom. The number of rotatable bonds is 8. The summed E-state index contributed by atoms with van der Waals surface area (Å²) in [6, 6.07) is 7.42. The Balaban J connectivity index is 2.64. The van der Waals surface area contributed by atoms with Gasteiger partial charge in [-0.25, -0.2) is 0 Å². The minimum Gasteiger partial charge on any atom is -0.412 e. The van der Waals surface area contributed by atoms with Crippen LogP contribution in [0.15, 0.2) is 29.2 Å². The molecule has 0 fully saturated rings. The van der Waals surface area contributed by atoms with Gasteiger partial charge in [-0.2, -0.15) is 0 Å². The molecule has 0 aliphatic heterocycles. The van der Waals surface area contributed by atoms with E-state index in [0.717, 1.165) is 5.56 Å². The zero-order valence-corrected chi connectivity index (χ0v) is 18.1. The molecule has 3 nitrogen and oxygen atoms in total. The fourth-order valence-electron chi connectivity index (χ4n) is 1.95. The van der Waals surface area contributed by atoms with Gasteiger partial charge in [0.15, 0.2) is 8.32 Å². The molecule has 1 aromatic rings. The van der Waals surface area contributed by atoms with Crippen molar-refractivity contribution in [3.8, 4) is 0 Å². The number of halogens is 1. The Labute approximate surface area is 154 Å². The Morgan fingerprint density at radius 1 is 1.25 bits per heavy atom. The van der Waals surface area contributed by atoms with Crippen molar-refractivity contribution < 1.29 is 13.4 Å². The molecule has 136 valence electrons. The van der Waals surface area contributed by atoms with Crippen LogP contribution in [0.5, 0.6) is 0 Å². The van der Waals surface area contributed by atoms with Crippen molar-refractivity contribution >= 4 is 36.5 Å². The van der Waals surface area contributed by atoms with Gasteiger partial charge in [-0.1, -0.05) is 38.5 Å². The summed E-state index contributed by atoms with van der Waals surface area (Å²) in [4.78, 5) is 13.0. The van der Waals surface area contributed by atoms with Crippen LogP contribution in [-0.2, 0) is 20.0 Å². The van der Waals surface area contributed by atoms with Gasteiger partial charge in [0.05, 0.1) is 22.7 Å². The molecule has 2 atom stereocenters. The lowest BCUT2D eigenvalue weighted by molar-refractivity contribution is -0.118. The Morgan fingerprint density at radius 3 is 2.25 bits per heavy atom. The highest BCUT2D eigenvalue weighted by molar-refractivity contribution is 7.85. The summed E-state index contributed by atoms with van der Waals surface area (Å²) in [7, 11) is -3.30. The summed E-state index contributed by atoms with van der Waals surface area (Å²) in [5.41, 5.74) is 1.10. The molecule has 0 unspecified atom stereocenters. The summed E-state index contributed by atoms with van der Waals surface area (Å²) in [5, 5.41) is 0.0606. The van der Waals surface area contributed by atoms with Crippen LogP contribution in [0.25, 0.3) is 0 Å². The Hall–Kier alpha value is -0.493. The second-order valence-corrected chi connectivity index (χ2v) is 14.2. The van der Waals surface area contributed by atoms with Gasteiger partial charge in [0.2, 0.25) is 0 Å². The van der Waals surface area contributed by atoms with Crippen molar-refractivity contribution in [2.24, 2.45) is 0 Å². The van der Waals surface area contributed by atoms with E-state index < -0.39 is 19.1 Å². The minimum absolute atomic E-state index is 0.0112. The first-order chi connectivity index (χ1) is 11.0. The van der Waals surface area contributed by atoms with Crippen LogP contribution in [0.4, 0.5) is 0 Å². The SMILES string of the molecule is Cc1ccc([S@](=O)CC(=O)C[C@H](CCl)O[Si](C)(C)C(C)(C)C)cc1. The molecular formula is C18H29ClO3SSi. The smallest absolute Gasteiger partial charge is 0.192 e. The maximum Gasteiger partial charge on any atom is 0.192 e. The van der Waals surface area contributed by atoms with Crippen LogP contribution < -0.4 is 0 Å². The highest BCUT2D eigenvalue weighted by Gasteiger charge is 2.39. The predicted octanol–water partition coefficient (Wildman–Crippen LogP) is 4.69. The number of alkyl halides is 1. The lowest BCUT2D eigenvalue weighted by Gasteiger charge is -2.38. The summed E-state index contributed by atoms with van der Waals surface area (Å²) >= 11 is 6.01. The van der Waals surface area contributed by atoms with Gasteiger partial charge in [-0.15, -0.1) is 11.6 Å². The molecule has 24 heavy (non-hydrogen) atoms. The molecule has 0 aliphatic carbocycles. The first-order valence-corrected chi connectivity index (χ1v) is 12.9. The lowest BCUT2D eigenvalue weighted by Crippen LogP contribution is -2.45. The maximum absolute atomic E-state index is 12.3. The van der Waals surface area contributed by atoms with Crippen LogP contribution in [-0.4, -0.2) is 36.0 Å². The molecule has 0 aromatic heterocycles. The van der Waals surface area contributed by atoms with Gasteiger partial charge in [0.1, 0.15) is 5.78 Å². The molecule has 0 bridgehead atoms. The van der Waals surface area contributed by atoms with E-state index >= 15 is 0 Å². The van der Waals surface area contributed by atoms with E-state index in [2.05, 4.69) is 33.9 Å². The third kappa shape index (κ3) is 6.43. The average molecular weight is 389 g/mol. The number of benzene rings is 1. The Bertz CT molecular complexity index is 579. The molecule has 1 rings (SSSR count). The van der Waals surface area contributed by atoms with Crippen LogP contribution in [0, 0.1) is 6.92 Å². The van der Waals surface area contributed by atoms with E-state index in [1.165, 1.54) is 0 Å². The van der Waals surface area contributed by atoms with Crippen molar-refractivity contribution in [3.63, 3.8) is 0 Å². The molecule has 1 aromatic carbocycles. The normalized spacial score (nSPS) is 15.1. The summed E-state index contributed by atoms with van der Waals surface area (Å²) < 4.78 is 18.5. The van der Waals surface area contributed by atoms with Crippen molar-refractivity contribution in [2.75, 3.05) is 11.6 Å². The first kappa shape index (κ1) is 21.5. The number of carbonyl (C=O) groups is 1. The molecule has 0 heterocycles. The van der Waals surface area contributed by atoms with Gasteiger partial charge in [-0.3, -0.25) is 9.00 Å². The van der Waals surface area contributed by atoms with Crippen molar-refractivity contribution in [3.05, 3.63) is 29.8 Å². The van der Waals surface area contributed by atoms with E-state index in [1.54, 1.807) is 0 Å². The molecule has 0 radical (unpaired) electrons. The van der Waals surface area contributed by atoms with Gasteiger partial charge in [-0.05, 0) is 37.2 Å². The molecule has 6 heteroatoms. The van der Waals surface area contributed by atoms with E-state index in [4.69, 9.17) is 16.0 Å². The van der Waals surface area contributed by atoms with Crippen molar-refractivity contribution in [1.82, 2.24) is 0 Å². The number of hydrogen-bond donors (Lipinski definition) is 0. The van der Waals surface area contributed by atoms with Crippen molar-refractivity contribution in [2.45, 2.75) is 63.2 Å². The van der Waals surface area contributed by atoms with E-state index in [1.807, 2.05) is 31.2 Å². The van der Waals surface area contributed by atoms with Gasteiger partial charge in [0.25, 0.3) is 0 Å². The first-order valence-electron chi connectivity index (χ1n) is 8.17. The second-order valence-electron chi connectivity index (χ2n) is 7.70. The van der Waals surface area contributed by atoms with Gasteiger partial charge >= 0.3 is 0 Å². The highest BCUT2D eigenvalue weighted by atomic mass is 35.5.